The third kappa shape index (κ3) is 2.68. The molecule has 1 amide bonds. The van der Waals surface area contributed by atoms with E-state index in [9.17, 15) is 9.18 Å². The first-order valence-corrected chi connectivity index (χ1v) is 7.07. The average molecular weight is 288 g/mol. The van der Waals surface area contributed by atoms with E-state index in [-0.39, 0.29) is 11.7 Å². The van der Waals surface area contributed by atoms with Crippen molar-refractivity contribution in [2.24, 2.45) is 0 Å². The quantitative estimate of drug-likeness (QED) is 0.919. The van der Waals surface area contributed by atoms with Crippen molar-refractivity contribution < 1.29 is 13.7 Å². The Morgan fingerprint density at radius 2 is 2.19 bits per heavy atom. The van der Waals surface area contributed by atoms with Crippen LogP contribution < -0.4 is 5.32 Å². The lowest BCUT2D eigenvalue weighted by molar-refractivity contribution is -0.123. The van der Waals surface area contributed by atoms with Crippen LogP contribution in [-0.4, -0.2) is 17.6 Å². The number of nitrogens with one attached hydrogen (secondary N) is 1. The van der Waals surface area contributed by atoms with Gasteiger partial charge in [-0.2, -0.15) is 0 Å². The van der Waals surface area contributed by atoms with Crippen molar-refractivity contribution >= 4 is 5.91 Å². The second kappa shape index (κ2) is 5.31. The molecule has 0 saturated heterocycles. The van der Waals surface area contributed by atoms with Crippen LogP contribution in [0.1, 0.15) is 29.9 Å². The maximum absolute atomic E-state index is 13.9. The lowest BCUT2D eigenvalue weighted by Crippen LogP contribution is -2.36. The number of rotatable bonds is 5. The van der Waals surface area contributed by atoms with E-state index in [1.807, 2.05) is 13.0 Å². The van der Waals surface area contributed by atoms with Crippen LogP contribution in [0, 0.1) is 12.7 Å². The Morgan fingerprint density at radius 3 is 2.81 bits per heavy atom. The zero-order chi connectivity index (χ0) is 14.9. The minimum Gasteiger partial charge on any atom is -0.361 e. The topological polar surface area (TPSA) is 55.1 Å². The van der Waals surface area contributed by atoms with Crippen molar-refractivity contribution in [2.75, 3.05) is 6.54 Å². The van der Waals surface area contributed by atoms with E-state index in [2.05, 4.69) is 10.5 Å². The van der Waals surface area contributed by atoms with Crippen LogP contribution in [0.25, 0.3) is 0 Å². The molecule has 4 nitrogen and oxygen atoms in total. The number of aromatic nitrogens is 1. The van der Waals surface area contributed by atoms with E-state index >= 15 is 0 Å². The number of amides is 1. The monoisotopic (exact) mass is 288 g/mol. The van der Waals surface area contributed by atoms with Crippen LogP contribution in [0.5, 0.6) is 0 Å². The third-order valence-corrected chi connectivity index (χ3v) is 3.92. The predicted molar refractivity (Wildman–Crippen MR) is 75.3 cm³/mol. The smallest absolute Gasteiger partial charge is 0.230 e. The summed E-state index contributed by atoms with van der Waals surface area (Å²) < 4.78 is 18.8. The zero-order valence-corrected chi connectivity index (χ0v) is 11.9. The van der Waals surface area contributed by atoms with Crippen LogP contribution in [0.2, 0.25) is 0 Å². The molecule has 0 unspecified atom stereocenters. The van der Waals surface area contributed by atoms with Gasteiger partial charge >= 0.3 is 0 Å². The lowest BCUT2D eigenvalue weighted by atomic mass is 9.94. The second-order valence-electron chi connectivity index (χ2n) is 5.50. The fraction of sp³-hybridized carbons (Fsp3) is 0.375. The van der Waals surface area contributed by atoms with Crippen LogP contribution in [0.15, 0.2) is 34.9 Å². The minimum atomic E-state index is -0.676. The average Bonchev–Trinajstić information content (AvgIpc) is 3.17. The molecule has 0 bridgehead atoms. The first-order valence-electron chi connectivity index (χ1n) is 7.07. The zero-order valence-electron chi connectivity index (χ0n) is 11.9. The largest absolute Gasteiger partial charge is 0.361 e. The number of benzene rings is 1. The number of hydrogen-bond acceptors (Lipinski definition) is 3. The molecule has 2 aromatic rings. The van der Waals surface area contributed by atoms with Gasteiger partial charge in [-0.1, -0.05) is 23.4 Å². The van der Waals surface area contributed by atoms with Gasteiger partial charge in [-0.05, 0) is 25.8 Å². The highest BCUT2D eigenvalue weighted by molar-refractivity contribution is 5.91. The fourth-order valence-corrected chi connectivity index (χ4v) is 2.60. The molecule has 1 aromatic carbocycles. The molecule has 1 aliphatic carbocycles. The standard InChI is InChI=1S/C16H17FN2O2/c1-11-10-12(19-21-11)6-9-18-15(20)16(7-8-16)13-4-2-3-5-14(13)17/h2-5,10H,6-9H2,1H3,(H,18,20). The molecule has 5 heteroatoms. The van der Waals surface area contributed by atoms with Gasteiger partial charge < -0.3 is 9.84 Å². The number of halogens is 1. The molecule has 21 heavy (non-hydrogen) atoms. The van der Waals surface area contributed by atoms with E-state index in [0.717, 1.165) is 11.5 Å². The molecule has 1 heterocycles. The summed E-state index contributed by atoms with van der Waals surface area (Å²) in [5.74, 6) is 0.339. The van der Waals surface area contributed by atoms with Crippen LogP contribution in [0.3, 0.4) is 0 Å². The van der Waals surface area contributed by atoms with E-state index in [1.165, 1.54) is 6.07 Å². The highest BCUT2D eigenvalue weighted by Crippen LogP contribution is 2.49. The molecule has 1 saturated carbocycles. The first-order chi connectivity index (χ1) is 10.1. The molecule has 1 fully saturated rings. The molecular formula is C16H17FN2O2. The van der Waals surface area contributed by atoms with E-state index < -0.39 is 5.41 Å². The molecule has 1 aromatic heterocycles. The molecule has 0 radical (unpaired) electrons. The van der Waals surface area contributed by atoms with Gasteiger partial charge in [0.15, 0.2) is 0 Å². The van der Waals surface area contributed by atoms with Crippen molar-refractivity contribution in [3.8, 4) is 0 Å². The Kier molecular flexibility index (Phi) is 3.49. The van der Waals surface area contributed by atoms with Crippen molar-refractivity contribution in [1.82, 2.24) is 10.5 Å². The third-order valence-electron chi connectivity index (χ3n) is 3.92. The molecule has 110 valence electrons. The van der Waals surface area contributed by atoms with Gasteiger partial charge in [0.2, 0.25) is 5.91 Å². The van der Waals surface area contributed by atoms with Gasteiger partial charge in [0, 0.05) is 24.6 Å². The summed E-state index contributed by atoms with van der Waals surface area (Å²) in [6.07, 6.45) is 2.00. The number of carbonyl (C=O) groups is 1. The Labute approximate surface area is 122 Å². The van der Waals surface area contributed by atoms with Crippen molar-refractivity contribution in [1.29, 1.82) is 0 Å². The summed E-state index contributed by atoms with van der Waals surface area (Å²) in [6, 6.07) is 8.35. The summed E-state index contributed by atoms with van der Waals surface area (Å²) in [5, 5.41) is 6.76. The predicted octanol–water partition coefficient (Wildman–Crippen LogP) is 2.51. The Bertz CT molecular complexity index is 662. The SMILES string of the molecule is Cc1cc(CCNC(=O)C2(c3ccccc3F)CC2)no1. The van der Waals surface area contributed by atoms with Gasteiger partial charge in [0.05, 0.1) is 11.1 Å². The van der Waals surface area contributed by atoms with Gasteiger partial charge in [-0.25, -0.2) is 4.39 Å². The second-order valence-corrected chi connectivity index (χ2v) is 5.50. The van der Waals surface area contributed by atoms with Gasteiger partial charge in [0.25, 0.3) is 0 Å². The molecule has 1 aliphatic rings. The van der Waals surface area contributed by atoms with Crippen molar-refractivity contribution in [2.45, 2.75) is 31.6 Å². The van der Waals surface area contributed by atoms with Crippen LogP contribution in [-0.2, 0) is 16.6 Å². The van der Waals surface area contributed by atoms with Crippen LogP contribution in [0.4, 0.5) is 4.39 Å². The maximum atomic E-state index is 13.9. The maximum Gasteiger partial charge on any atom is 0.230 e. The summed E-state index contributed by atoms with van der Waals surface area (Å²) in [7, 11) is 0. The Hall–Kier alpha value is -2.17. The van der Waals surface area contributed by atoms with Gasteiger partial charge in [-0.3, -0.25) is 4.79 Å². The summed E-state index contributed by atoms with van der Waals surface area (Å²) >= 11 is 0. The minimum absolute atomic E-state index is 0.104. The molecule has 1 N–H and O–H groups in total. The Balaban J connectivity index is 1.62. The summed E-state index contributed by atoms with van der Waals surface area (Å²) in [4.78, 5) is 12.4. The number of nitrogens with zero attached hydrogens (tertiary/aromatic N) is 1. The molecule has 0 atom stereocenters. The van der Waals surface area contributed by atoms with Gasteiger partial charge in [0.1, 0.15) is 11.6 Å². The summed E-state index contributed by atoms with van der Waals surface area (Å²) in [6.45, 7) is 2.30. The van der Waals surface area contributed by atoms with Crippen LogP contribution >= 0.6 is 0 Å². The number of aryl methyl sites for hydroxylation is 1. The fourth-order valence-electron chi connectivity index (χ4n) is 2.60. The Morgan fingerprint density at radius 1 is 1.43 bits per heavy atom. The number of carbonyl (C=O) groups excluding carboxylic acids is 1. The first kappa shape index (κ1) is 13.8. The number of hydrogen-bond donors (Lipinski definition) is 1. The highest BCUT2D eigenvalue weighted by Gasteiger charge is 2.52. The molecule has 3 rings (SSSR count). The summed E-state index contributed by atoms with van der Waals surface area (Å²) in [5.41, 5.74) is 0.633. The lowest BCUT2D eigenvalue weighted by Gasteiger charge is -2.16. The van der Waals surface area contributed by atoms with Gasteiger partial charge in [-0.15, -0.1) is 0 Å². The van der Waals surface area contributed by atoms with Crippen molar-refractivity contribution in [3.05, 3.63) is 53.2 Å². The van der Waals surface area contributed by atoms with Crippen molar-refractivity contribution in [3.63, 3.8) is 0 Å². The molecule has 0 aliphatic heterocycles. The van der Waals surface area contributed by atoms with E-state index in [0.29, 0.717) is 31.4 Å². The molecule has 0 spiro atoms. The molecular weight excluding hydrogens is 271 g/mol. The van der Waals surface area contributed by atoms with E-state index in [1.54, 1.807) is 18.2 Å². The van der Waals surface area contributed by atoms with E-state index in [4.69, 9.17) is 4.52 Å². The highest BCUT2D eigenvalue weighted by atomic mass is 19.1. The normalized spacial score (nSPS) is 15.7.